The summed E-state index contributed by atoms with van der Waals surface area (Å²) in [6.07, 6.45) is 2.61. The van der Waals surface area contributed by atoms with Gasteiger partial charge in [-0.05, 0) is 26.7 Å². The minimum Gasteiger partial charge on any atom is -0.388 e. The summed E-state index contributed by atoms with van der Waals surface area (Å²) < 4.78 is 21.5. The summed E-state index contributed by atoms with van der Waals surface area (Å²) in [6, 6.07) is 0. The minimum atomic E-state index is -3.68. The zero-order valence-corrected chi connectivity index (χ0v) is 8.89. The van der Waals surface area contributed by atoms with Crippen molar-refractivity contribution in [2.24, 2.45) is 5.14 Å². The second kappa shape index (κ2) is 2.93. The van der Waals surface area contributed by atoms with E-state index in [0.717, 1.165) is 12.8 Å². The number of hydrogen-bond acceptors (Lipinski definition) is 3. The Hall–Kier alpha value is -0.130. The van der Waals surface area contributed by atoms with Crippen LogP contribution in [0.5, 0.6) is 0 Å². The van der Waals surface area contributed by atoms with Gasteiger partial charge in [-0.2, -0.15) is 0 Å². The molecule has 1 saturated carbocycles. The Morgan fingerprint density at radius 2 is 1.69 bits per heavy atom. The molecule has 5 heteroatoms. The normalized spacial score (nSPS) is 41.8. The molecule has 4 nitrogen and oxygen atoms in total. The second-order valence-corrected chi connectivity index (χ2v) is 6.25. The lowest BCUT2D eigenvalue weighted by Gasteiger charge is -2.44. The Kier molecular flexibility index (Phi) is 2.47. The van der Waals surface area contributed by atoms with Gasteiger partial charge in [-0.25, -0.2) is 13.6 Å². The average molecular weight is 207 g/mol. The van der Waals surface area contributed by atoms with Crippen molar-refractivity contribution in [1.82, 2.24) is 0 Å². The molecule has 0 bridgehead atoms. The molecule has 0 radical (unpaired) electrons. The van der Waals surface area contributed by atoms with Crippen LogP contribution in [0.1, 0.15) is 39.5 Å². The molecule has 0 amide bonds. The first-order valence-corrected chi connectivity index (χ1v) is 6.00. The number of nitrogens with two attached hydrogens (primary N) is 1. The van der Waals surface area contributed by atoms with Crippen LogP contribution >= 0.6 is 0 Å². The molecular formula is C8H17NO3S. The van der Waals surface area contributed by atoms with Crippen molar-refractivity contribution in [2.45, 2.75) is 49.9 Å². The van der Waals surface area contributed by atoms with E-state index in [-0.39, 0.29) is 0 Å². The van der Waals surface area contributed by atoms with Crippen LogP contribution in [-0.4, -0.2) is 23.9 Å². The fraction of sp³-hybridized carbons (Fsp3) is 1.00. The van der Waals surface area contributed by atoms with Crippen molar-refractivity contribution in [3.8, 4) is 0 Å². The van der Waals surface area contributed by atoms with Gasteiger partial charge in [0.25, 0.3) is 0 Å². The Morgan fingerprint density at radius 3 is 2.00 bits per heavy atom. The molecule has 0 saturated heterocycles. The third kappa shape index (κ3) is 1.60. The van der Waals surface area contributed by atoms with Crippen LogP contribution in [-0.2, 0) is 10.0 Å². The van der Waals surface area contributed by atoms with Gasteiger partial charge in [0.05, 0.1) is 5.60 Å². The SMILES string of the molecule is C[C@@]1(O)CCCC[C@@]1(C)S(N)(=O)=O. The molecule has 0 aromatic carbocycles. The minimum absolute atomic E-state index is 0.443. The van der Waals surface area contributed by atoms with Gasteiger partial charge in [-0.15, -0.1) is 0 Å². The van der Waals surface area contributed by atoms with E-state index in [0.29, 0.717) is 12.8 Å². The summed E-state index contributed by atoms with van der Waals surface area (Å²) in [5.41, 5.74) is -1.20. The van der Waals surface area contributed by atoms with Gasteiger partial charge in [0, 0.05) is 0 Å². The van der Waals surface area contributed by atoms with E-state index < -0.39 is 20.4 Å². The van der Waals surface area contributed by atoms with E-state index in [1.54, 1.807) is 6.92 Å². The van der Waals surface area contributed by atoms with Gasteiger partial charge in [-0.1, -0.05) is 12.8 Å². The molecule has 13 heavy (non-hydrogen) atoms. The fourth-order valence-corrected chi connectivity index (χ4v) is 3.06. The quantitative estimate of drug-likeness (QED) is 0.651. The van der Waals surface area contributed by atoms with Crippen molar-refractivity contribution in [2.75, 3.05) is 0 Å². The number of aliphatic hydroxyl groups is 1. The predicted octanol–water partition coefficient (Wildman–Crippen LogP) is 0.359. The van der Waals surface area contributed by atoms with Crippen LogP contribution in [0.2, 0.25) is 0 Å². The highest BCUT2D eigenvalue weighted by molar-refractivity contribution is 7.90. The fourth-order valence-electron chi connectivity index (χ4n) is 1.91. The topological polar surface area (TPSA) is 80.4 Å². The number of hydrogen-bond donors (Lipinski definition) is 2. The molecule has 3 N–H and O–H groups in total. The van der Waals surface area contributed by atoms with Crippen LogP contribution in [0, 0.1) is 0 Å². The summed E-state index contributed by atoms with van der Waals surface area (Å²) in [7, 11) is -3.68. The van der Waals surface area contributed by atoms with Crippen molar-refractivity contribution in [3.63, 3.8) is 0 Å². The molecule has 1 aliphatic rings. The van der Waals surface area contributed by atoms with Crippen LogP contribution in [0.15, 0.2) is 0 Å². The highest BCUT2D eigenvalue weighted by Crippen LogP contribution is 2.41. The largest absolute Gasteiger partial charge is 0.388 e. The zero-order chi connectivity index (χ0) is 10.3. The van der Waals surface area contributed by atoms with Crippen LogP contribution in [0.4, 0.5) is 0 Å². The lowest BCUT2D eigenvalue weighted by Crippen LogP contribution is -2.59. The molecule has 0 aliphatic heterocycles. The maximum absolute atomic E-state index is 11.3. The smallest absolute Gasteiger partial charge is 0.217 e. The van der Waals surface area contributed by atoms with Crippen LogP contribution < -0.4 is 5.14 Å². The standard InChI is InChI=1S/C8H17NO3S/c1-7(10)5-3-4-6-8(7,2)13(9,11)12/h10H,3-6H2,1-2H3,(H2,9,11,12)/t7-,8-/m1/s1. The first kappa shape index (κ1) is 10.9. The monoisotopic (exact) mass is 207 g/mol. The Morgan fingerprint density at radius 1 is 1.23 bits per heavy atom. The second-order valence-electron chi connectivity index (χ2n) is 4.26. The lowest BCUT2D eigenvalue weighted by atomic mass is 9.77. The van der Waals surface area contributed by atoms with Gasteiger partial charge in [-0.3, -0.25) is 0 Å². The Balaban J connectivity index is 3.13. The summed E-state index contributed by atoms with van der Waals surface area (Å²) in [5, 5.41) is 15.1. The maximum Gasteiger partial charge on any atom is 0.217 e. The molecule has 1 aliphatic carbocycles. The zero-order valence-electron chi connectivity index (χ0n) is 8.08. The molecular weight excluding hydrogens is 190 g/mol. The van der Waals surface area contributed by atoms with Crippen LogP contribution in [0.3, 0.4) is 0 Å². The summed E-state index contributed by atoms with van der Waals surface area (Å²) >= 11 is 0. The van der Waals surface area contributed by atoms with E-state index in [9.17, 15) is 13.5 Å². The third-order valence-corrected chi connectivity index (χ3v) is 5.23. The summed E-state index contributed by atoms with van der Waals surface area (Å²) in [6.45, 7) is 3.08. The van der Waals surface area contributed by atoms with Crippen molar-refractivity contribution in [1.29, 1.82) is 0 Å². The molecule has 1 rings (SSSR count). The average Bonchev–Trinajstić information content (AvgIpc) is 1.93. The van der Waals surface area contributed by atoms with Gasteiger partial charge in [0.15, 0.2) is 0 Å². The molecule has 0 aromatic rings. The van der Waals surface area contributed by atoms with Gasteiger partial charge < -0.3 is 5.11 Å². The van der Waals surface area contributed by atoms with Gasteiger partial charge in [0.1, 0.15) is 4.75 Å². The molecule has 2 atom stereocenters. The first-order valence-electron chi connectivity index (χ1n) is 4.45. The molecule has 0 spiro atoms. The molecule has 1 fully saturated rings. The Labute approximate surface area is 79.2 Å². The number of primary sulfonamides is 1. The van der Waals surface area contributed by atoms with E-state index in [1.165, 1.54) is 6.92 Å². The highest BCUT2D eigenvalue weighted by atomic mass is 32.2. The van der Waals surface area contributed by atoms with E-state index in [1.807, 2.05) is 0 Å². The van der Waals surface area contributed by atoms with E-state index in [2.05, 4.69) is 0 Å². The van der Waals surface area contributed by atoms with Crippen molar-refractivity contribution in [3.05, 3.63) is 0 Å². The maximum atomic E-state index is 11.3. The van der Waals surface area contributed by atoms with Gasteiger partial charge >= 0.3 is 0 Å². The summed E-state index contributed by atoms with van der Waals surface area (Å²) in [5.74, 6) is 0. The summed E-state index contributed by atoms with van der Waals surface area (Å²) in [4.78, 5) is 0. The van der Waals surface area contributed by atoms with Crippen molar-refractivity contribution < 1.29 is 13.5 Å². The van der Waals surface area contributed by atoms with E-state index >= 15 is 0 Å². The number of sulfonamides is 1. The number of rotatable bonds is 1. The first-order chi connectivity index (χ1) is 5.71. The van der Waals surface area contributed by atoms with Gasteiger partial charge in [0.2, 0.25) is 10.0 Å². The highest BCUT2D eigenvalue weighted by Gasteiger charge is 2.52. The molecule has 0 aromatic heterocycles. The predicted molar refractivity (Wildman–Crippen MR) is 50.6 cm³/mol. The third-order valence-electron chi connectivity index (χ3n) is 3.33. The van der Waals surface area contributed by atoms with E-state index in [4.69, 9.17) is 5.14 Å². The van der Waals surface area contributed by atoms with Crippen molar-refractivity contribution >= 4 is 10.0 Å². The lowest BCUT2D eigenvalue weighted by molar-refractivity contribution is -0.00984. The molecule has 0 unspecified atom stereocenters. The van der Waals surface area contributed by atoms with Crippen LogP contribution in [0.25, 0.3) is 0 Å². The molecule has 0 heterocycles. The Bertz CT molecular complexity index is 297. The molecule has 78 valence electrons.